The largest absolute Gasteiger partial charge is 0.465 e. The third-order valence-corrected chi connectivity index (χ3v) is 3.73. The van der Waals surface area contributed by atoms with Gasteiger partial charge in [0.25, 0.3) is 0 Å². The monoisotopic (exact) mass is 314 g/mol. The average molecular weight is 314 g/mol. The number of carboxylic acid groups (broad SMARTS) is 1. The van der Waals surface area contributed by atoms with Gasteiger partial charge >= 0.3 is 11.8 Å². The van der Waals surface area contributed by atoms with Crippen LogP contribution in [0.1, 0.15) is 24.6 Å². The molecule has 1 amide bonds. The molecule has 1 aliphatic heterocycles. The van der Waals surface area contributed by atoms with Gasteiger partial charge in [0.1, 0.15) is 24.1 Å². The summed E-state index contributed by atoms with van der Waals surface area (Å²) >= 11 is 0. The van der Waals surface area contributed by atoms with Gasteiger partial charge in [-0.25, -0.2) is 4.79 Å². The highest BCUT2D eigenvalue weighted by atomic mass is 16.6. The van der Waals surface area contributed by atoms with E-state index in [1.807, 2.05) is 0 Å². The molecule has 10 heteroatoms. The molecular formula is C12H18N4O6. The quantitative estimate of drug-likeness (QED) is 0.622. The smallest absolute Gasteiger partial charge is 0.404 e. The Morgan fingerprint density at radius 3 is 2.95 bits per heavy atom. The normalized spacial score (nSPS) is 25.5. The number of hydrogen-bond acceptors (Lipinski definition) is 6. The Morgan fingerprint density at radius 2 is 2.36 bits per heavy atom. The summed E-state index contributed by atoms with van der Waals surface area (Å²) in [7, 11) is 3.08. The summed E-state index contributed by atoms with van der Waals surface area (Å²) in [4.78, 5) is 21.4. The van der Waals surface area contributed by atoms with Crippen LogP contribution >= 0.6 is 0 Å². The zero-order valence-corrected chi connectivity index (χ0v) is 12.3. The molecule has 2 N–H and O–H groups in total. The predicted octanol–water partition coefficient (Wildman–Crippen LogP) is 0.831. The number of carbonyl (C=O) groups is 1. The molecule has 22 heavy (non-hydrogen) atoms. The van der Waals surface area contributed by atoms with E-state index in [-0.39, 0.29) is 12.3 Å². The second-order valence-electron chi connectivity index (χ2n) is 5.03. The molecule has 0 saturated carbocycles. The van der Waals surface area contributed by atoms with E-state index < -0.39 is 29.3 Å². The lowest BCUT2D eigenvalue weighted by molar-refractivity contribution is -0.386. The van der Waals surface area contributed by atoms with Crippen LogP contribution < -0.4 is 5.32 Å². The lowest BCUT2D eigenvalue weighted by Crippen LogP contribution is -2.44. The second kappa shape index (κ2) is 6.71. The molecule has 122 valence electrons. The van der Waals surface area contributed by atoms with E-state index in [0.29, 0.717) is 18.5 Å². The number of amides is 1. The van der Waals surface area contributed by atoms with E-state index >= 15 is 0 Å². The molecule has 1 aromatic rings. The van der Waals surface area contributed by atoms with Crippen LogP contribution in [0, 0.1) is 10.1 Å². The van der Waals surface area contributed by atoms with Crippen molar-refractivity contribution in [3.63, 3.8) is 0 Å². The van der Waals surface area contributed by atoms with Crippen LogP contribution in [-0.2, 0) is 16.5 Å². The first kappa shape index (κ1) is 16.2. The summed E-state index contributed by atoms with van der Waals surface area (Å²) in [6.45, 7) is 0.133. The highest BCUT2D eigenvalue weighted by molar-refractivity contribution is 5.64. The average Bonchev–Trinajstić information content (AvgIpc) is 2.72. The molecule has 1 saturated heterocycles. The number of ether oxygens (including phenoxy) is 2. The maximum atomic E-state index is 11.1. The summed E-state index contributed by atoms with van der Waals surface area (Å²) in [6.07, 6.45) is -0.0792. The maximum Gasteiger partial charge on any atom is 0.404 e. The SMILES string of the molecule is COC1COC(c2c([N+](=O)[O-])cnn2C)CCC1NC(=O)O. The molecule has 3 unspecified atom stereocenters. The Labute approximate surface area is 126 Å². The lowest BCUT2D eigenvalue weighted by atomic mass is 10.0. The first-order valence-electron chi connectivity index (χ1n) is 6.74. The number of aryl methyl sites for hydroxylation is 1. The van der Waals surface area contributed by atoms with Crippen molar-refractivity contribution < 1.29 is 24.3 Å². The molecule has 1 aliphatic rings. The molecule has 2 rings (SSSR count). The number of aromatic nitrogens is 2. The van der Waals surface area contributed by atoms with Gasteiger partial charge in [0.05, 0.1) is 17.6 Å². The molecule has 2 heterocycles. The Hall–Kier alpha value is -2.20. The Kier molecular flexibility index (Phi) is 4.93. The van der Waals surface area contributed by atoms with E-state index in [1.165, 1.54) is 18.0 Å². The Bertz CT molecular complexity index is 560. The van der Waals surface area contributed by atoms with Crippen molar-refractivity contribution in [2.45, 2.75) is 31.1 Å². The van der Waals surface area contributed by atoms with E-state index in [2.05, 4.69) is 10.4 Å². The Morgan fingerprint density at radius 1 is 1.64 bits per heavy atom. The third kappa shape index (κ3) is 3.34. The number of rotatable bonds is 4. The van der Waals surface area contributed by atoms with Crippen LogP contribution in [-0.4, -0.2) is 51.8 Å². The minimum Gasteiger partial charge on any atom is -0.465 e. The van der Waals surface area contributed by atoms with Gasteiger partial charge in [-0.2, -0.15) is 5.10 Å². The summed E-state index contributed by atoms with van der Waals surface area (Å²) in [5.74, 6) is 0. The van der Waals surface area contributed by atoms with Gasteiger partial charge in [-0.15, -0.1) is 0 Å². The summed E-state index contributed by atoms with van der Waals surface area (Å²) in [5.41, 5.74) is 0.266. The van der Waals surface area contributed by atoms with Gasteiger partial charge < -0.3 is 19.9 Å². The van der Waals surface area contributed by atoms with Crippen molar-refractivity contribution in [3.8, 4) is 0 Å². The number of nitrogens with one attached hydrogen (secondary N) is 1. The van der Waals surface area contributed by atoms with Gasteiger partial charge in [-0.05, 0) is 12.8 Å². The maximum absolute atomic E-state index is 11.1. The van der Waals surface area contributed by atoms with Gasteiger partial charge in [0, 0.05) is 14.2 Å². The lowest BCUT2D eigenvalue weighted by Gasteiger charge is -2.22. The Balaban J connectivity index is 2.20. The number of hydrogen-bond donors (Lipinski definition) is 2. The first-order chi connectivity index (χ1) is 10.4. The zero-order chi connectivity index (χ0) is 16.3. The molecule has 3 atom stereocenters. The molecule has 0 spiro atoms. The van der Waals surface area contributed by atoms with Crippen LogP contribution in [0.15, 0.2) is 6.20 Å². The third-order valence-electron chi connectivity index (χ3n) is 3.73. The second-order valence-corrected chi connectivity index (χ2v) is 5.03. The molecule has 0 aromatic carbocycles. The van der Waals surface area contributed by atoms with Crippen molar-refractivity contribution in [2.75, 3.05) is 13.7 Å². The van der Waals surface area contributed by atoms with Gasteiger partial charge in [-0.1, -0.05) is 0 Å². The van der Waals surface area contributed by atoms with Crippen molar-refractivity contribution in [2.24, 2.45) is 7.05 Å². The zero-order valence-electron chi connectivity index (χ0n) is 12.3. The predicted molar refractivity (Wildman–Crippen MR) is 73.5 cm³/mol. The standard InChI is InChI=1S/C12H18N4O6/c1-15-11(8(5-13-15)16(19)20)9-4-3-7(14-12(17)18)10(21-2)6-22-9/h5,7,9-10,14H,3-4,6H2,1-2H3,(H,17,18). The molecule has 0 aliphatic carbocycles. The van der Waals surface area contributed by atoms with E-state index in [4.69, 9.17) is 14.6 Å². The van der Waals surface area contributed by atoms with E-state index in [9.17, 15) is 14.9 Å². The van der Waals surface area contributed by atoms with Gasteiger partial charge in [0.2, 0.25) is 0 Å². The molecule has 0 bridgehead atoms. The fourth-order valence-electron chi connectivity index (χ4n) is 2.65. The number of nitro groups is 1. The van der Waals surface area contributed by atoms with Gasteiger partial charge in [-0.3, -0.25) is 14.8 Å². The summed E-state index contributed by atoms with van der Waals surface area (Å²) in [5, 5.41) is 26.2. The van der Waals surface area contributed by atoms with Crippen molar-refractivity contribution >= 4 is 11.8 Å². The number of nitrogens with zero attached hydrogens (tertiary/aromatic N) is 3. The van der Waals surface area contributed by atoms with Crippen molar-refractivity contribution in [1.82, 2.24) is 15.1 Å². The van der Waals surface area contributed by atoms with Crippen LogP contribution in [0.4, 0.5) is 10.5 Å². The molecule has 1 aromatic heterocycles. The number of methoxy groups -OCH3 is 1. The topological polar surface area (TPSA) is 129 Å². The highest BCUT2D eigenvalue weighted by Crippen LogP contribution is 2.33. The minimum atomic E-state index is -1.14. The van der Waals surface area contributed by atoms with Crippen LogP contribution in [0.2, 0.25) is 0 Å². The van der Waals surface area contributed by atoms with Crippen molar-refractivity contribution in [3.05, 3.63) is 22.0 Å². The minimum absolute atomic E-state index is 0.105. The first-order valence-corrected chi connectivity index (χ1v) is 6.74. The fraction of sp³-hybridized carbons (Fsp3) is 0.667. The van der Waals surface area contributed by atoms with Crippen LogP contribution in [0.3, 0.4) is 0 Å². The van der Waals surface area contributed by atoms with E-state index in [1.54, 1.807) is 7.05 Å². The molecular weight excluding hydrogens is 296 g/mol. The highest BCUT2D eigenvalue weighted by Gasteiger charge is 2.34. The molecule has 10 nitrogen and oxygen atoms in total. The summed E-state index contributed by atoms with van der Waals surface area (Å²) < 4.78 is 12.4. The van der Waals surface area contributed by atoms with Crippen molar-refractivity contribution in [1.29, 1.82) is 0 Å². The van der Waals surface area contributed by atoms with Gasteiger partial charge in [0.15, 0.2) is 0 Å². The fourth-order valence-corrected chi connectivity index (χ4v) is 2.65. The van der Waals surface area contributed by atoms with E-state index in [0.717, 1.165) is 0 Å². The van der Waals surface area contributed by atoms with Crippen LogP contribution in [0.5, 0.6) is 0 Å². The summed E-state index contributed by atoms with van der Waals surface area (Å²) in [6, 6.07) is -0.431. The molecule has 0 radical (unpaired) electrons. The van der Waals surface area contributed by atoms with Crippen LogP contribution in [0.25, 0.3) is 0 Å². The molecule has 1 fully saturated rings.